The van der Waals surface area contributed by atoms with Gasteiger partial charge >= 0.3 is 5.97 Å². The highest BCUT2D eigenvalue weighted by molar-refractivity contribution is 5.70. The highest BCUT2D eigenvalue weighted by Gasteiger charge is 1.95. The molecule has 0 saturated carbocycles. The molecule has 0 fully saturated rings. The minimum atomic E-state index is -0.240. The van der Waals surface area contributed by atoms with Crippen molar-refractivity contribution >= 4 is 5.97 Å². The second-order valence-electron chi connectivity index (χ2n) is 1.30. The van der Waals surface area contributed by atoms with Gasteiger partial charge in [-0.25, -0.2) is 0 Å². The molecule has 3 heteroatoms. The summed E-state index contributed by atoms with van der Waals surface area (Å²) in [4.78, 5) is 10.3. The van der Waals surface area contributed by atoms with Gasteiger partial charge in [-0.05, 0) is 13.0 Å². The van der Waals surface area contributed by atoms with Crippen molar-refractivity contribution in [1.29, 1.82) is 0 Å². The van der Waals surface area contributed by atoms with Gasteiger partial charge in [-0.2, -0.15) is 0 Å². The summed E-state index contributed by atoms with van der Waals surface area (Å²) in [5, 5.41) is 0. The lowest BCUT2D eigenvalue weighted by Crippen LogP contribution is -2.06. The van der Waals surface area contributed by atoms with Crippen LogP contribution in [0.5, 0.6) is 0 Å². The zero-order valence-corrected chi connectivity index (χ0v) is 4.89. The molecule has 0 spiro atoms. The second kappa shape index (κ2) is 4.59. The minimum Gasteiger partial charge on any atom is -0.469 e. The normalized spacial score (nSPS) is 8.75. The van der Waals surface area contributed by atoms with Crippen LogP contribution in [-0.2, 0) is 9.53 Å². The van der Waals surface area contributed by atoms with Crippen LogP contribution in [0.2, 0.25) is 0 Å². The number of carbonyl (C=O) groups is 1. The molecule has 0 aliphatic carbocycles. The second-order valence-corrected chi connectivity index (χ2v) is 1.30. The Bertz CT molecular complexity index is 72.8. The van der Waals surface area contributed by atoms with E-state index in [0.29, 0.717) is 13.0 Å². The lowest BCUT2D eigenvalue weighted by molar-refractivity contribution is -0.139. The fourth-order valence-electron chi connectivity index (χ4n) is 0.285. The number of rotatable bonds is 3. The zero-order valence-electron chi connectivity index (χ0n) is 4.89. The van der Waals surface area contributed by atoms with Crippen molar-refractivity contribution in [1.82, 2.24) is 0 Å². The van der Waals surface area contributed by atoms with Gasteiger partial charge in [0.25, 0.3) is 0 Å². The Hall–Kier alpha value is -0.570. The minimum absolute atomic E-state index is 0.240. The highest BCUT2D eigenvalue weighted by atomic mass is 16.5. The third-order valence-corrected chi connectivity index (χ3v) is 0.705. The Labute approximate surface area is 48.8 Å². The molecule has 0 bridgehead atoms. The molecular formula is C5H10NO2. The summed E-state index contributed by atoms with van der Waals surface area (Å²) in [6.45, 7) is 0.426. The Morgan fingerprint density at radius 2 is 2.50 bits per heavy atom. The van der Waals surface area contributed by atoms with E-state index < -0.39 is 0 Å². The Kier molecular flexibility index (Phi) is 4.26. The smallest absolute Gasteiger partial charge is 0.305 e. The van der Waals surface area contributed by atoms with E-state index in [4.69, 9.17) is 5.73 Å². The molecule has 0 heterocycles. The number of esters is 1. The molecule has 0 rings (SSSR count). The Balaban J connectivity index is 2.99. The molecule has 2 N–H and O–H groups in total. The maximum atomic E-state index is 10.3. The molecule has 0 aromatic rings. The fraction of sp³-hybridized carbons (Fsp3) is 0.600. The molecule has 0 aliphatic heterocycles. The summed E-state index contributed by atoms with van der Waals surface area (Å²) in [6, 6.07) is 0. The standard InChI is InChI=1S/C5H10NO2/c1-8-5(7)3-2-4-6/h2H,3-4,6H2,1H3. The van der Waals surface area contributed by atoms with Crippen LogP contribution in [0, 0.1) is 6.42 Å². The van der Waals surface area contributed by atoms with Crippen molar-refractivity contribution in [2.75, 3.05) is 13.7 Å². The molecule has 0 aliphatic rings. The van der Waals surface area contributed by atoms with Gasteiger partial charge in [-0.1, -0.05) is 0 Å². The van der Waals surface area contributed by atoms with Crippen LogP contribution in [0.4, 0.5) is 0 Å². The van der Waals surface area contributed by atoms with Crippen molar-refractivity contribution in [3.05, 3.63) is 6.42 Å². The Morgan fingerprint density at radius 3 is 2.88 bits per heavy atom. The summed E-state index contributed by atoms with van der Waals surface area (Å²) >= 11 is 0. The van der Waals surface area contributed by atoms with Gasteiger partial charge in [0.2, 0.25) is 0 Å². The van der Waals surface area contributed by atoms with Gasteiger partial charge in [0, 0.05) is 6.42 Å². The van der Waals surface area contributed by atoms with Gasteiger partial charge in [0.15, 0.2) is 0 Å². The molecule has 8 heavy (non-hydrogen) atoms. The summed E-state index contributed by atoms with van der Waals surface area (Å²) < 4.78 is 4.33. The van der Waals surface area contributed by atoms with Crippen LogP contribution >= 0.6 is 0 Å². The van der Waals surface area contributed by atoms with Crippen LogP contribution in [0.25, 0.3) is 0 Å². The first kappa shape index (κ1) is 7.43. The quantitative estimate of drug-likeness (QED) is 0.515. The summed E-state index contributed by atoms with van der Waals surface area (Å²) in [7, 11) is 1.35. The maximum absolute atomic E-state index is 10.3. The van der Waals surface area contributed by atoms with Gasteiger partial charge in [0.1, 0.15) is 0 Å². The summed E-state index contributed by atoms with van der Waals surface area (Å²) in [5.74, 6) is -0.240. The lowest BCUT2D eigenvalue weighted by atomic mass is 10.3. The first-order valence-electron chi connectivity index (χ1n) is 2.39. The summed E-state index contributed by atoms with van der Waals surface area (Å²) in [5.41, 5.74) is 5.07. The summed E-state index contributed by atoms with van der Waals surface area (Å²) in [6.07, 6.45) is 1.97. The van der Waals surface area contributed by atoms with Crippen molar-refractivity contribution in [3.63, 3.8) is 0 Å². The third-order valence-electron chi connectivity index (χ3n) is 0.705. The molecule has 47 valence electrons. The largest absolute Gasteiger partial charge is 0.469 e. The molecule has 0 atom stereocenters. The number of carbonyl (C=O) groups excluding carboxylic acids is 1. The van der Waals surface area contributed by atoms with E-state index in [1.54, 1.807) is 6.42 Å². The van der Waals surface area contributed by atoms with Gasteiger partial charge in [-0.15, -0.1) is 0 Å². The van der Waals surface area contributed by atoms with Crippen molar-refractivity contribution in [2.24, 2.45) is 5.73 Å². The number of methoxy groups -OCH3 is 1. The predicted molar refractivity (Wildman–Crippen MR) is 30.0 cm³/mol. The fourth-order valence-corrected chi connectivity index (χ4v) is 0.285. The van der Waals surface area contributed by atoms with Crippen molar-refractivity contribution < 1.29 is 9.53 Å². The monoisotopic (exact) mass is 116 g/mol. The number of hydrogen-bond donors (Lipinski definition) is 1. The van der Waals surface area contributed by atoms with Crippen LogP contribution in [0.15, 0.2) is 0 Å². The molecule has 0 unspecified atom stereocenters. The third kappa shape index (κ3) is 3.61. The van der Waals surface area contributed by atoms with Crippen LogP contribution in [-0.4, -0.2) is 19.6 Å². The van der Waals surface area contributed by atoms with E-state index in [1.807, 2.05) is 0 Å². The van der Waals surface area contributed by atoms with Crippen molar-refractivity contribution in [2.45, 2.75) is 6.42 Å². The van der Waals surface area contributed by atoms with Gasteiger partial charge < -0.3 is 10.5 Å². The number of nitrogens with two attached hydrogens (primary N) is 1. The first-order valence-corrected chi connectivity index (χ1v) is 2.39. The van der Waals surface area contributed by atoms with E-state index in [-0.39, 0.29) is 5.97 Å². The molecule has 0 amide bonds. The van der Waals surface area contributed by atoms with E-state index in [1.165, 1.54) is 7.11 Å². The molecule has 0 saturated heterocycles. The first-order chi connectivity index (χ1) is 3.81. The number of hydrogen-bond acceptors (Lipinski definition) is 3. The van der Waals surface area contributed by atoms with E-state index in [9.17, 15) is 4.79 Å². The average molecular weight is 116 g/mol. The molecular weight excluding hydrogens is 106 g/mol. The number of ether oxygens (including phenoxy) is 1. The predicted octanol–water partition coefficient (Wildman–Crippen LogP) is -0.288. The molecule has 0 aromatic heterocycles. The van der Waals surface area contributed by atoms with E-state index >= 15 is 0 Å². The highest BCUT2D eigenvalue weighted by Crippen LogP contribution is 1.85. The molecule has 1 radical (unpaired) electrons. The van der Waals surface area contributed by atoms with Gasteiger partial charge in [0.05, 0.1) is 7.11 Å². The SMILES string of the molecule is COC(=O)C[CH]CN. The molecule has 0 aromatic carbocycles. The van der Waals surface area contributed by atoms with Crippen LogP contribution in [0.1, 0.15) is 6.42 Å². The average Bonchev–Trinajstić information content (AvgIpc) is 1.83. The van der Waals surface area contributed by atoms with Gasteiger partial charge in [-0.3, -0.25) is 4.79 Å². The topological polar surface area (TPSA) is 52.3 Å². The van der Waals surface area contributed by atoms with Crippen LogP contribution < -0.4 is 5.73 Å². The maximum Gasteiger partial charge on any atom is 0.305 e. The Morgan fingerprint density at radius 1 is 1.88 bits per heavy atom. The van der Waals surface area contributed by atoms with E-state index in [2.05, 4.69) is 4.74 Å². The van der Waals surface area contributed by atoms with Crippen molar-refractivity contribution in [3.8, 4) is 0 Å². The molecule has 3 nitrogen and oxygen atoms in total. The van der Waals surface area contributed by atoms with E-state index in [0.717, 1.165) is 0 Å². The lowest BCUT2D eigenvalue weighted by Gasteiger charge is -1.93. The zero-order chi connectivity index (χ0) is 6.41. The van der Waals surface area contributed by atoms with Crippen LogP contribution in [0.3, 0.4) is 0 Å².